The molecule has 2 rings (SSSR count). The van der Waals surface area contributed by atoms with E-state index in [0.29, 0.717) is 31.6 Å². The number of hydrogen-bond acceptors (Lipinski definition) is 3. The summed E-state index contributed by atoms with van der Waals surface area (Å²) in [5, 5.41) is 12.0. The summed E-state index contributed by atoms with van der Waals surface area (Å²) in [6.45, 7) is 3.54. The smallest absolute Gasteiger partial charge is 0.306 e. The van der Waals surface area contributed by atoms with Gasteiger partial charge in [0.05, 0.1) is 12.5 Å². The van der Waals surface area contributed by atoms with Gasteiger partial charge in [-0.05, 0) is 39.0 Å². The second-order valence-corrected chi connectivity index (χ2v) is 5.81. The lowest BCUT2D eigenvalue weighted by atomic mass is 9.81. The van der Waals surface area contributed by atoms with Crippen molar-refractivity contribution in [3.8, 4) is 0 Å². The van der Waals surface area contributed by atoms with Crippen LogP contribution in [0.4, 0.5) is 0 Å². The lowest BCUT2D eigenvalue weighted by Gasteiger charge is -2.27. The fourth-order valence-electron chi connectivity index (χ4n) is 3.01. The van der Waals surface area contributed by atoms with Gasteiger partial charge in [-0.15, -0.1) is 0 Å². The van der Waals surface area contributed by atoms with Crippen LogP contribution in [-0.2, 0) is 14.3 Å². The first kappa shape index (κ1) is 14.3. The molecule has 0 bridgehead atoms. The zero-order valence-corrected chi connectivity index (χ0v) is 11.4. The quantitative estimate of drug-likeness (QED) is 0.809. The second kappa shape index (κ2) is 6.37. The molecule has 1 amide bonds. The summed E-state index contributed by atoms with van der Waals surface area (Å²) in [4.78, 5) is 23.0. The Morgan fingerprint density at radius 1 is 1.16 bits per heavy atom. The molecule has 1 aliphatic heterocycles. The highest BCUT2D eigenvalue weighted by Crippen LogP contribution is 2.29. The maximum Gasteiger partial charge on any atom is 0.306 e. The Labute approximate surface area is 113 Å². The van der Waals surface area contributed by atoms with Gasteiger partial charge in [-0.1, -0.05) is 0 Å². The largest absolute Gasteiger partial charge is 0.481 e. The molecular formula is C14H23NO4. The predicted molar refractivity (Wildman–Crippen MR) is 69.6 cm³/mol. The lowest BCUT2D eigenvalue weighted by Crippen LogP contribution is -2.42. The van der Waals surface area contributed by atoms with Crippen molar-refractivity contribution < 1.29 is 19.4 Å². The third-order valence-electron chi connectivity index (χ3n) is 4.49. The van der Waals surface area contributed by atoms with Gasteiger partial charge >= 0.3 is 5.97 Å². The number of rotatable bonds is 4. The lowest BCUT2D eigenvalue weighted by molar-refractivity contribution is -0.144. The zero-order valence-electron chi connectivity index (χ0n) is 11.4. The van der Waals surface area contributed by atoms with E-state index >= 15 is 0 Å². The summed E-state index contributed by atoms with van der Waals surface area (Å²) in [5.74, 6) is -0.497. The van der Waals surface area contributed by atoms with Crippen molar-refractivity contribution in [2.75, 3.05) is 13.2 Å². The van der Waals surface area contributed by atoms with Crippen LogP contribution in [0.15, 0.2) is 0 Å². The molecule has 2 N–H and O–H groups in total. The van der Waals surface area contributed by atoms with E-state index in [1.165, 1.54) is 0 Å². The number of nitrogens with one attached hydrogen (secondary N) is 1. The maximum atomic E-state index is 12.1. The van der Waals surface area contributed by atoms with Gasteiger partial charge in [-0.2, -0.15) is 0 Å². The van der Waals surface area contributed by atoms with Gasteiger partial charge in [0.1, 0.15) is 0 Å². The minimum Gasteiger partial charge on any atom is -0.481 e. The molecule has 1 aliphatic carbocycles. The molecule has 2 atom stereocenters. The van der Waals surface area contributed by atoms with Crippen molar-refractivity contribution >= 4 is 11.9 Å². The number of amides is 1. The Morgan fingerprint density at radius 2 is 1.79 bits per heavy atom. The van der Waals surface area contributed by atoms with Crippen LogP contribution in [0.5, 0.6) is 0 Å². The number of carboxylic acids is 1. The van der Waals surface area contributed by atoms with Gasteiger partial charge in [-0.3, -0.25) is 9.59 Å². The van der Waals surface area contributed by atoms with Gasteiger partial charge in [0.15, 0.2) is 0 Å². The third-order valence-corrected chi connectivity index (χ3v) is 4.49. The first-order valence-corrected chi connectivity index (χ1v) is 7.19. The Kier molecular flexibility index (Phi) is 4.80. The summed E-state index contributed by atoms with van der Waals surface area (Å²) in [5.41, 5.74) is 0. The van der Waals surface area contributed by atoms with Gasteiger partial charge in [0.25, 0.3) is 0 Å². The highest BCUT2D eigenvalue weighted by molar-refractivity contribution is 5.79. The summed E-state index contributed by atoms with van der Waals surface area (Å²) < 4.78 is 5.33. The molecule has 1 heterocycles. The molecule has 0 radical (unpaired) electrons. The molecule has 2 aliphatic rings. The SMILES string of the molecule is CC(NC(=O)C1CCC(C(=O)O)CC1)C1CCOC1. The molecular weight excluding hydrogens is 246 g/mol. The number of carbonyl (C=O) groups is 2. The first-order chi connectivity index (χ1) is 9.08. The average Bonchev–Trinajstić information content (AvgIpc) is 2.92. The highest BCUT2D eigenvalue weighted by Gasteiger charge is 2.31. The monoisotopic (exact) mass is 269 g/mol. The van der Waals surface area contributed by atoms with Crippen molar-refractivity contribution in [2.24, 2.45) is 17.8 Å². The topological polar surface area (TPSA) is 75.6 Å². The van der Waals surface area contributed by atoms with Crippen LogP contribution < -0.4 is 5.32 Å². The molecule has 1 saturated heterocycles. The average molecular weight is 269 g/mol. The number of carbonyl (C=O) groups excluding carboxylic acids is 1. The third kappa shape index (κ3) is 3.69. The summed E-state index contributed by atoms with van der Waals surface area (Å²) >= 11 is 0. The molecule has 2 fully saturated rings. The number of ether oxygens (including phenoxy) is 1. The molecule has 2 unspecified atom stereocenters. The van der Waals surface area contributed by atoms with E-state index in [9.17, 15) is 9.59 Å². The predicted octanol–water partition coefficient (Wildman–Crippen LogP) is 1.42. The van der Waals surface area contributed by atoms with Crippen LogP contribution in [0.25, 0.3) is 0 Å². The maximum absolute atomic E-state index is 12.1. The van der Waals surface area contributed by atoms with Gasteiger partial charge < -0.3 is 15.2 Å². The number of carboxylic acid groups (broad SMARTS) is 1. The van der Waals surface area contributed by atoms with Crippen molar-refractivity contribution in [1.82, 2.24) is 5.32 Å². The second-order valence-electron chi connectivity index (χ2n) is 5.81. The van der Waals surface area contributed by atoms with Crippen molar-refractivity contribution in [2.45, 2.75) is 45.1 Å². The van der Waals surface area contributed by atoms with Crippen molar-refractivity contribution in [3.63, 3.8) is 0 Å². The van der Waals surface area contributed by atoms with Crippen molar-refractivity contribution in [3.05, 3.63) is 0 Å². The Hall–Kier alpha value is -1.10. The first-order valence-electron chi connectivity index (χ1n) is 7.19. The summed E-state index contributed by atoms with van der Waals surface area (Å²) in [7, 11) is 0. The molecule has 5 nitrogen and oxygen atoms in total. The molecule has 5 heteroatoms. The normalized spacial score (nSPS) is 32.8. The van der Waals surface area contributed by atoms with E-state index < -0.39 is 5.97 Å². The van der Waals surface area contributed by atoms with E-state index in [2.05, 4.69) is 5.32 Å². The Balaban J connectivity index is 1.76. The molecule has 0 spiro atoms. The minimum absolute atomic E-state index is 0.0135. The van der Waals surface area contributed by atoms with Gasteiger partial charge in [0, 0.05) is 24.5 Å². The molecule has 19 heavy (non-hydrogen) atoms. The van der Waals surface area contributed by atoms with E-state index in [1.807, 2.05) is 6.92 Å². The fraction of sp³-hybridized carbons (Fsp3) is 0.857. The molecule has 108 valence electrons. The Bertz CT molecular complexity index is 330. The van der Waals surface area contributed by atoms with E-state index in [0.717, 1.165) is 19.6 Å². The van der Waals surface area contributed by atoms with E-state index in [4.69, 9.17) is 9.84 Å². The molecule has 0 aromatic heterocycles. The standard InChI is InChI=1S/C14H23NO4/c1-9(12-6-7-19-8-12)15-13(16)10-2-4-11(5-3-10)14(17)18/h9-12H,2-8H2,1H3,(H,15,16)(H,17,18). The number of aliphatic carboxylic acids is 1. The fourth-order valence-corrected chi connectivity index (χ4v) is 3.01. The summed E-state index contributed by atoms with van der Waals surface area (Å²) in [6, 6.07) is 0.146. The van der Waals surface area contributed by atoms with E-state index in [1.54, 1.807) is 0 Å². The molecule has 0 aromatic carbocycles. The van der Waals surface area contributed by atoms with Crippen LogP contribution in [0.2, 0.25) is 0 Å². The minimum atomic E-state index is -0.727. The number of hydrogen-bond donors (Lipinski definition) is 2. The van der Waals surface area contributed by atoms with Crippen LogP contribution >= 0.6 is 0 Å². The van der Waals surface area contributed by atoms with Crippen LogP contribution in [0, 0.1) is 17.8 Å². The highest BCUT2D eigenvalue weighted by atomic mass is 16.5. The van der Waals surface area contributed by atoms with Crippen molar-refractivity contribution in [1.29, 1.82) is 0 Å². The Morgan fingerprint density at radius 3 is 2.32 bits per heavy atom. The molecule has 1 saturated carbocycles. The van der Waals surface area contributed by atoms with Crippen LogP contribution in [0.1, 0.15) is 39.0 Å². The van der Waals surface area contributed by atoms with Gasteiger partial charge in [-0.25, -0.2) is 0 Å². The summed E-state index contributed by atoms with van der Waals surface area (Å²) in [6.07, 6.45) is 3.63. The van der Waals surface area contributed by atoms with Crippen LogP contribution in [0.3, 0.4) is 0 Å². The van der Waals surface area contributed by atoms with Crippen LogP contribution in [-0.4, -0.2) is 36.2 Å². The molecule has 0 aromatic rings. The zero-order chi connectivity index (χ0) is 13.8. The van der Waals surface area contributed by atoms with Gasteiger partial charge in [0.2, 0.25) is 5.91 Å². The van der Waals surface area contributed by atoms with E-state index in [-0.39, 0.29) is 23.8 Å².